The van der Waals surface area contributed by atoms with E-state index < -0.39 is 0 Å². The first kappa shape index (κ1) is 11.1. The van der Waals surface area contributed by atoms with Crippen molar-refractivity contribution in [1.82, 2.24) is 0 Å². The Morgan fingerprint density at radius 2 is 2.47 bits per heavy atom. The van der Waals surface area contributed by atoms with Crippen LogP contribution in [0.2, 0.25) is 0 Å². The molecule has 0 saturated carbocycles. The second-order valence-corrected chi connectivity index (χ2v) is 5.74. The van der Waals surface area contributed by atoms with E-state index in [1.165, 1.54) is 15.3 Å². The van der Waals surface area contributed by atoms with Gasteiger partial charge >= 0.3 is 0 Å². The van der Waals surface area contributed by atoms with Gasteiger partial charge in [-0.15, -0.1) is 11.3 Å². The number of nitrogens with two attached hydrogens (primary N) is 1. The third-order valence-electron chi connectivity index (χ3n) is 2.98. The van der Waals surface area contributed by atoms with E-state index in [9.17, 15) is 5.11 Å². The van der Waals surface area contributed by atoms with Crippen LogP contribution >= 0.6 is 11.3 Å². The van der Waals surface area contributed by atoms with E-state index in [-0.39, 0.29) is 12.1 Å². The Balaban J connectivity index is 2.08. The van der Waals surface area contributed by atoms with Crippen LogP contribution in [-0.4, -0.2) is 11.1 Å². The molecule has 1 aromatic rings. The zero-order valence-corrected chi connectivity index (χ0v) is 10.0. The van der Waals surface area contributed by atoms with Gasteiger partial charge in [-0.05, 0) is 50.7 Å². The zero-order chi connectivity index (χ0) is 10.8. The Morgan fingerprint density at radius 1 is 1.67 bits per heavy atom. The smallest absolute Gasteiger partial charge is 0.0801 e. The van der Waals surface area contributed by atoms with Crippen LogP contribution in [0.5, 0.6) is 0 Å². The molecule has 0 fully saturated rings. The molecular weight excluding hydrogens is 206 g/mol. The summed E-state index contributed by atoms with van der Waals surface area (Å²) < 4.78 is 0. The number of aliphatic hydroxyl groups excluding tert-OH is 1. The van der Waals surface area contributed by atoms with E-state index in [1.807, 2.05) is 18.3 Å². The summed E-state index contributed by atoms with van der Waals surface area (Å²) in [5.41, 5.74) is 6.93. The predicted octanol–water partition coefficient (Wildman–Crippen LogP) is 2.40. The van der Waals surface area contributed by atoms with Crippen molar-refractivity contribution >= 4 is 11.3 Å². The number of fused-ring (bicyclic) bond motifs is 1. The van der Waals surface area contributed by atoms with E-state index in [1.54, 1.807) is 0 Å². The van der Waals surface area contributed by atoms with Crippen LogP contribution in [0.25, 0.3) is 0 Å². The van der Waals surface area contributed by atoms with Gasteiger partial charge in [0.15, 0.2) is 0 Å². The molecule has 2 nitrogen and oxygen atoms in total. The predicted molar refractivity (Wildman–Crippen MR) is 64.2 cm³/mol. The SMILES string of the molecule is CC(N)CCc1cc2c(s1)CCCC2O. The van der Waals surface area contributed by atoms with Crippen LogP contribution in [0, 0.1) is 0 Å². The van der Waals surface area contributed by atoms with Gasteiger partial charge in [-0.3, -0.25) is 0 Å². The first-order chi connectivity index (χ1) is 7.16. The Kier molecular flexibility index (Phi) is 3.44. The highest BCUT2D eigenvalue weighted by molar-refractivity contribution is 7.12. The van der Waals surface area contributed by atoms with Gasteiger partial charge in [0, 0.05) is 15.8 Å². The lowest BCUT2D eigenvalue weighted by Gasteiger charge is -2.16. The number of hydrogen-bond donors (Lipinski definition) is 2. The van der Waals surface area contributed by atoms with Crippen molar-refractivity contribution in [3.8, 4) is 0 Å². The molecule has 0 spiro atoms. The minimum absolute atomic E-state index is 0.214. The first-order valence-corrected chi connectivity index (χ1v) is 6.53. The lowest BCUT2D eigenvalue weighted by Crippen LogP contribution is -2.14. The Bertz CT molecular complexity index is 332. The fraction of sp³-hybridized carbons (Fsp3) is 0.667. The van der Waals surface area contributed by atoms with Crippen LogP contribution in [0.15, 0.2) is 6.07 Å². The van der Waals surface area contributed by atoms with Crippen molar-refractivity contribution in [2.75, 3.05) is 0 Å². The second-order valence-electron chi connectivity index (χ2n) is 4.52. The topological polar surface area (TPSA) is 46.2 Å². The van der Waals surface area contributed by atoms with Crippen molar-refractivity contribution in [2.45, 2.75) is 51.2 Å². The molecule has 2 unspecified atom stereocenters. The van der Waals surface area contributed by atoms with Crippen LogP contribution in [0.4, 0.5) is 0 Å². The summed E-state index contributed by atoms with van der Waals surface area (Å²) in [5.74, 6) is 0. The van der Waals surface area contributed by atoms with Crippen LogP contribution < -0.4 is 5.73 Å². The quantitative estimate of drug-likeness (QED) is 0.829. The van der Waals surface area contributed by atoms with Gasteiger partial charge in [0.2, 0.25) is 0 Å². The summed E-state index contributed by atoms with van der Waals surface area (Å²) in [5, 5.41) is 9.83. The van der Waals surface area contributed by atoms with Gasteiger partial charge in [-0.25, -0.2) is 0 Å². The number of thiophene rings is 1. The highest BCUT2D eigenvalue weighted by Crippen LogP contribution is 2.36. The van der Waals surface area contributed by atoms with E-state index in [2.05, 4.69) is 6.07 Å². The lowest BCUT2D eigenvalue weighted by molar-refractivity contribution is 0.157. The summed E-state index contributed by atoms with van der Waals surface area (Å²) in [6.45, 7) is 2.04. The molecule has 1 aliphatic carbocycles. The monoisotopic (exact) mass is 225 g/mol. The summed E-state index contributed by atoms with van der Waals surface area (Å²) in [7, 11) is 0. The number of rotatable bonds is 3. The second kappa shape index (κ2) is 4.64. The van der Waals surface area contributed by atoms with E-state index >= 15 is 0 Å². The largest absolute Gasteiger partial charge is 0.388 e. The van der Waals surface area contributed by atoms with Crippen molar-refractivity contribution in [1.29, 1.82) is 0 Å². The van der Waals surface area contributed by atoms with Gasteiger partial charge in [0.1, 0.15) is 0 Å². The summed E-state index contributed by atoms with van der Waals surface area (Å²) in [4.78, 5) is 2.78. The van der Waals surface area contributed by atoms with Crippen molar-refractivity contribution < 1.29 is 5.11 Å². The average Bonchev–Trinajstić information content (AvgIpc) is 2.59. The number of hydrogen-bond acceptors (Lipinski definition) is 3. The maximum atomic E-state index is 9.83. The van der Waals surface area contributed by atoms with Crippen LogP contribution in [0.3, 0.4) is 0 Å². The van der Waals surface area contributed by atoms with Crippen LogP contribution in [0.1, 0.15) is 47.6 Å². The first-order valence-electron chi connectivity index (χ1n) is 5.72. The summed E-state index contributed by atoms with van der Waals surface area (Å²) >= 11 is 1.87. The molecule has 2 rings (SSSR count). The molecule has 2 atom stereocenters. The molecular formula is C12H19NOS. The average molecular weight is 225 g/mol. The third-order valence-corrected chi connectivity index (χ3v) is 4.25. The molecule has 0 saturated heterocycles. The molecule has 84 valence electrons. The van der Waals surface area contributed by atoms with E-state index in [0.717, 1.165) is 32.1 Å². The molecule has 1 heterocycles. The van der Waals surface area contributed by atoms with Crippen LogP contribution in [-0.2, 0) is 12.8 Å². The minimum Gasteiger partial charge on any atom is -0.388 e. The molecule has 0 aromatic carbocycles. The summed E-state index contributed by atoms with van der Waals surface area (Å²) in [6, 6.07) is 2.46. The van der Waals surface area contributed by atoms with Crippen molar-refractivity contribution in [3.63, 3.8) is 0 Å². The highest BCUT2D eigenvalue weighted by atomic mass is 32.1. The van der Waals surface area contributed by atoms with Crippen molar-refractivity contribution in [2.24, 2.45) is 5.73 Å². The Hall–Kier alpha value is -0.380. The van der Waals surface area contributed by atoms with Gasteiger partial charge in [0.05, 0.1) is 6.10 Å². The van der Waals surface area contributed by atoms with Gasteiger partial charge < -0.3 is 10.8 Å². The standard InChI is InChI=1S/C12H19NOS/c1-8(13)5-6-9-7-10-11(14)3-2-4-12(10)15-9/h7-8,11,14H,2-6,13H2,1H3. The van der Waals surface area contributed by atoms with E-state index in [4.69, 9.17) is 5.73 Å². The van der Waals surface area contributed by atoms with Gasteiger partial charge in [0.25, 0.3) is 0 Å². The van der Waals surface area contributed by atoms with Gasteiger partial charge in [-0.2, -0.15) is 0 Å². The fourth-order valence-electron chi connectivity index (χ4n) is 2.08. The molecule has 0 radical (unpaired) electrons. The normalized spacial score (nSPS) is 22.5. The number of aryl methyl sites for hydroxylation is 2. The highest BCUT2D eigenvalue weighted by Gasteiger charge is 2.20. The zero-order valence-electron chi connectivity index (χ0n) is 9.20. The molecule has 1 aromatic heterocycles. The lowest BCUT2D eigenvalue weighted by atomic mass is 9.96. The van der Waals surface area contributed by atoms with Crippen molar-refractivity contribution in [3.05, 3.63) is 21.4 Å². The maximum absolute atomic E-state index is 9.83. The summed E-state index contributed by atoms with van der Waals surface area (Å²) in [6.07, 6.45) is 5.08. The third kappa shape index (κ3) is 2.60. The molecule has 0 bridgehead atoms. The molecule has 15 heavy (non-hydrogen) atoms. The molecule has 3 N–H and O–H groups in total. The molecule has 3 heteroatoms. The van der Waals surface area contributed by atoms with Gasteiger partial charge in [-0.1, -0.05) is 0 Å². The Labute approximate surface area is 95.1 Å². The molecule has 0 aliphatic heterocycles. The maximum Gasteiger partial charge on any atom is 0.0801 e. The Morgan fingerprint density at radius 3 is 3.13 bits per heavy atom. The number of aliphatic hydroxyl groups is 1. The minimum atomic E-state index is -0.214. The molecule has 0 amide bonds. The molecule has 1 aliphatic rings. The van der Waals surface area contributed by atoms with E-state index in [0.29, 0.717) is 0 Å². The fourth-order valence-corrected chi connectivity index (χ4v) is 3.36.